The number of aromatic nitrogens is 2. The van der Waals surface area contributed by atoms with E-state index in [1.807, 2.05) is 24.3 Å². The quantitative estimate of drug-likeness (QED) is 0.640. The van der Waals surface area contributed by atoms with Gasteiger partial charge in [-0.25, -0.2) is 0 Å². The molecule has 1 heterocycles. The third-order valence-electron chi connectivity index (χ3n) is 2.53. The molecule has 0 fully saturated rings. The number of rotatable bonds is 6. The molecule has 0 bridgehead atoms. The molecule has 96 valence electrons. The number of para-hydroxylation sites is 1. The Bertz CT molecular complexity index is 498. The Hall–Kier alpha value is -1.49. The number of thioether (sulfide) groups is 1. The van der Waals surface area contributed by atoms with E-state index < -0.39 is 0 Å². The maximum absolute atomic E-state index is 5.87. The third-order valence-corrected chi connectivity index (χ3v) is 3.61. The summed E-state index contributed by atoms with van der Waals surface area (Å²) in [5, 5.41) is 3.96. The maximum Gasteiger partial charge on any atom is 0.237 e. The van der Waals surface area contributed by atoms with Crippen LogP contribution < -0.4 is 5.73 Å². The van der Waals surface area contributed by atoms with Crippen molar-refractivity contribution >= 4 is 17.4 Å². The minimum Gasteiger partial charge on any atom is -0.398 e. The number of benzene rings is 1. The van der Waals surface area contributed by atoms with Gasteiger partial charge in [0.2, 0.25) is 5.89 Å². The Kier molecular flexibility index (Phi) is 4.64. The summed E-state index contributed by atoms with van der Waals surface area (Å²) in [6, 6.07) is 7.78. The molecule has 18 heavy (non-hydrogen) atoms. The maximum atomic E-state index is 5.87. The minimum absolute atomic E-state index is 0.660. The summed E-state index contributed by atoms with van der Waals surface area (Å²) in [4.78, 5) is 5.40. The Morgan fingerprint density at radius 1 is 1.33 bits per heavy atom. The number of hydrogen-bond donors (Lipinski definition) is 1. The van der Waals surface area contributed by atoms with Crippen LogP contribution in [0.25, 0.3) is 0 Å². The average Bonchev–Trinajstić information content (AvgIpc) is 2.83. The van der Waals surface area contributed by atoms with Gasteiger partial charge in [0.05, 0.1) is 5.75 Å². The molecule has 4 nitrogen and oxygen atoms in total. The predicted molar refractivity (Wildman–Crippen MR) is 73.3 cm³/mol. The van der Waals surface area contributed by atoms with Crippen LogP contribution in [0.1, 0.15) is 31.5 Å². The first-order chi connectivity index (χ1) is 8.79. The molecule has 0 aliphatic rings. The summed E-state index contributed by atoms with van der Waals surface area (Å²) in [6.45, 7) is 2.15. The number of aryl methyl sites for hydroxylation is 1. The van der Waals surface area contributed by atoms with E-state index in [1.165, 1.54) is 0 Å². The molecule has 0 saturated carbocycles. The van der Waals surface area contributed by atoms with Gasteiger partial charge in [0.1, 0.15) is 0 Å². The van der Waals surface area contributed by atoms with Crippen molar-refractivity contribution in [2.24, 2.45) is 0 Å². The van der Waals surface area contributed by atoms with Crippen LogP contribution in [0.5, 0.6) is 0 Å². The Morgan fingerprint density at radius 3 is 2.94 bits per heavy atom. The van der Waals surface area contributed by atoms with Crippen molar-refractivity contribution in [2.75, 3.05) is 5.73 Å². The van der Waals surface area contributed by atoms with E-state index in [2.05, 4.69) is 17.1 Å². The van der Waals surface area contributed by atoms with Gasteiger partial charge in [-0.1, -0.05) is 30.6 Å². The number of hydrogen-bond acceptors (Lipinski definition) is 5. The smallest absolute Gasteiger partial charge is 0.237 e. The summed E-state index contributed by atoms with van der Waals surface area (Å²) in [6.07, 6.45) is 3.12. The molecule has 1 aromatic heterocycles. The Labute approximate surface area is 111 Å². The van der Waals surface area contributed by atoms with E-state index in [9.17, 15) is 0 Å². The van der Waals surface area contributed by atoms with Gasteiger partial charge >= 0.3 is 0 Å². The van der Waals surface area contributed by atoms with Crippen molar-refractivity contribution in [2.45, 2.75) is 36.8 Å². The van der Waals surface area contributed by atoms with Crippen LogP contribution in [0.2, 0.25) is 0 Å². The van der Waals surface area contributed by atoms with E-state index in [0.717, 1.165) is 35.7 Å². The lowest BCUT2D eigenvalue weighted by Crippen LogP contribution is -1.89. The first-order valence-corrected chi connectivity index (χ1v) is 7.07. The molecule has 0 atom stereocenters. The fourth-order valence-corrected chi connectivity index (χ4v) is 2.34. The first-order valence-electron chi connectivity index (χ1n) is 6.08. The highest BCUT2D eigenvalue weighted by Crippen LogP contribution is 2.27. The largest absolute Gasteiger partial charge is 0.398 e. The van der Waals surface area contributed by atoms with E-state index in [1.54, 1.807) is 11.8 Å². The topological polar surface area (TPSA) is 64.9 Å². The highest BCUT2D eigenvalue weighted by atomic mass is 32.2. The number of nitrogens with two attached hydrogens (primary N) is 1. The molecule has 0 radical (unpaired) electrons. The zero-order valence-corrected chi connectivity index (χ0v) is 11.2. The summed E-state index contributed by atoms with van der Waals surface area (Å²) in [5.74, 6) is 2.12. The molecule has 2 aromatic rings. The zero-order chi connectivity index (χ0) is 12.8. The van der Waals surface area contributed by atoms with Crippen LogP contribution in [-0.2, 0) is 12.2 Å². The lowest BCUT2D eigenvalue weighted by Gasteiger charge is -2.01. The molecule has 0 aliphatic heterocycles. The van der Waals surface area contributed by atoms with Crippen LogP contribution in [0.4, 0.5) is 5.69 Å². The zero-order valence-electron chi connectivity index (χ0n) is 10.4. The molecule has 2 N–H and O–H groups in total. The van der Waals surface area contributed by atoms with Crippen molar-refractivity contribution in [1.29, 1.82) is 0 Å². The lowest BCUT2D eigenvalue weighted by atomic mass is 10.2. The van der Waals surface area contributed by atoms with Gasteiger partial charge in [-0.3, -0.25) is 0 Å². The molecule has 0 unspecified atom stereocenters. The van der Waals surface area contributed by atoms with E-state index in [0.29, 0.717) is 11.6 Å². The molecule has 0 saturated heterocycles. The van der Waals surface area contributed by atoms with Gasteiger partial charge in [0.25, 0.3) is 0 Å². The number of nitrogens with zero attached hydrogens (tertiary/aromatic N) is 2. The van der Waals surface area contributed by atoms with Gasteiger partial charge in [0, 0.05) is 17.0 Å². The van der Waals surface area contributed by atoms with Gasteiger partial charge in [-0.15, -0.1) is 11.8 Å². The summed E-state index contributed by atoms with van der Waals surface area (Å²) in [7, 11) is 0. The first kappa shape index (κ1) is 13.0. The second-order valence-electron chi connectivity index (χ2n) is 4.03. The summed E-state index contributed by atoms with van der Waals surface area (Å²) >= 11 is 1.62. The summed E-state index contributed by atoms with van der Waals surface area (Å²) < 4.78 is 5.20. The fourth-order valence-electron chi connectivity index (χ4n) is 1.54. The second-order valence-corrected chi connectivity index (χ2v) is 5.05. The fraction of sp³-hybridized carbons (Fsp3) is 0.385. The molecule has 1 aromatic carbocycles. The monoisotopic (exact) mass is 263 g/mol. The SMILES string of the molecule is CCCCc1noc(CSc2ccccc2N)n1. The molecule has 2 rings (SSSR count). The normalized spacial score (nSPS) is 10.7. The van der Waals surface area contributed by atoms with Gasteiger partial charge in [0.15, 0.2) is 5.82 Å². The van der Waals surface area contributed by atoms with Crippen molar-refractivity contribution in [3.05, 3.63) is 36.0 Å². The van der Waals surface area contributed by atoms with Crippen LogP contribution in [0.15, 0.2) is 33.7 Å². The van der Waals surface area contributed by atoms with Gasteiger partial charge < -0.3 is 10.3 Å². The average molecular weight is 263 g/mol. The van der Waals surface area contributed by atoms with Crippen LogP contribution >= 0.6 is 11.8 Å². The predicted octanol–water partition coefficient (Wildman–Crippen LogP) is 3.29. The van der Waals surface area contributed by atoms with Gasteiger partial charge in [-0.05, 0) is 18.6 Å². The highest BCUT2D eigenvalue weighted by molar-refractivity contribution is 7.98. The highest BCUT2D eigenvalue weighted by Gasteiger charge is 2.07. The lowest BCUT2D eigenvalue weighted by molar-refractivity contribution is 0.384. The number of anilines is 1. The molecule has 0 aliphatic carbocycles. The van der Waals surface area contributed by atoms with Crippen LogP contribution in [-0.4, -0.2) is 10.1 Å². The van der Waals surface area contributed by atoms with Gasteiger partial charge in [-0.2, -0.15) is 4.98 Å². The van der Waals surface area contributed by atoms with Crippen molar-refractivity contribution in [3.8, 4) is 0 Å². The number of unbranched alkanes of at least 4 members (excludes halogenated alkanes) is 1. The number of nitrogen functional groups attached to an aromatic ring is 1. The Morgan fingerprint density at radius 2 is 2.17 bits per heavy atom. The standard InChI is InChI=1S/C13H17N3OS/c1-2-3-8-12-15-13(17-16-12)9-18-11-7-5-4-6-10(11)14/h4-7H,2-3,8-9,14H2,1H3. The third kappa shape index (κ3) is 3.50. The minimum atomic E-state index is 0.660. The molecule has 0 spiro atoms. The molecule has 0 amide bonds. The molecular formula is C13H17N3OS. The molecule has 5 heteroatoms. The van der Waals surface area contributed by atoms with Crippen molar-refractivity contribution in [3.63, 3.8) is 0 Å². The van der Waals surface area contributed by atoms with E-state index in [-0.39, 0.29) is 0 Å². The van der Waals surface area contributed by atoms with Crippen LogP contribution in [0, 0.1) is 0 Å². The van der Waals surface area contributed by atoms with Crippen molar-refractivity contribution in [1.82, 2.24) is 10.1 Å². The van der Waals surface area contributed by atoms with E-state index >= 15 is 0 Å². The van der Waals surface area contributed by atoms with E-state index in [4.69, 9.17) is 10.3 Å². The molecular weight excluding hydrogens is 246 g/mol. The summed E-state index contributed by atoms with van der Waals surface area (Å²) in [5.41, 5.74) is 6.65. The van der Waals surface area contributed by atoms with Crippen molar-refractivity contribution < 1.29 is 4.52 Å². The Balaban J connectivity index is 1.90. The van der Waals surface area contributed by atoms with Crippen LogP contribution in [0.3, 0.4) is 0 Å². The second kappa shape index (κ2) is 6.44.